The first kappa shape index (κ1) is 12.9. The number of morpholine rings is 1. The lowest BCUT2D eigenvalue weighted by Gasteiger charge is -2.39. The van der Waals surface area contributed by atoms with E-state index in [4.69, 9.17) is 4.74 Å². The van der Waals surface area contributed by atoms with E-state index in [1.54, 1.807) is 6.07 Å². The molecule has 2 fully saturated rings. The maximum atomic E-state index is 14.3. The molecule has 3 nitrogen and oxygen atoms in total. The molecule has 2 unspecified atom stereocenters. The van der Waals surface area contributed by atoms with Crippen molar-refractivity contribution >= 4 is 5.69 Å². The van der Waals surface area contributed by atoms with Gasteiger partial charge in [0.15, 0.2) is 0 Å². The van der Waals surface area contributed by atoms with E-state index in [0.717, 1.165) is 30.6 Å². The minimum atomic E-state index is -0.111. The van der Waals surface area contributed by atoms with E-state index in [-0.39, 0.29) is 5.82 Å². The number of halogens is 1. The molecule has 3 rings (SSSR count). The second kappa shape index (κ2) is 5.47. The van der Waals surface area contributed by atoms with Crippen molar-refractivity contribution in [3.05, 3.63) is 29.6 Å². The minimum absolute atomic E-state index is 0.111. The molecule has 19 heavy (non-hydrogen) atoms. The van der Waals surface area contributed by atoms with Gasteiger partial charge >= 0.3 is 0 Å². The average molecular weight is 264 g/mol. The maximum Gasteiger partial charge on any atom is 0.146 e. The summed E-state index contributed by atoms with van der Waals surface area (Å²) in [6, 6.07) is 5.93. The molecule has 104 valence electrons. The van der Waals surface area contributed by atoms with Crippen LogP contribution in [0.3, 0.4) is 0 Å². The Labute approximate surface area is 113 Å². The van der Waals surface area contributed by atoms with Crippen molar-refractivity contribution in [3.8, 4) is 0 Å². The fourth-order valence-electron chi connectivity index (χ4n) is 3.32. The zero-order valence-corrected chi connectivity index (χ0v) is 11.4. The molecule has 1 aliphatic carbocycles. The van der Waals surface area contributed by atoms with Crippen LogP contribution in [0.5, 0.6) is 0 Å². The van der Waals surface area contributed by atoms with Gasteiger partial charge in [-0.25, -0.2) is 4.39 Å². The Morgan fingerprint density at radius 2 is 2.32 bits per heavy atom. The molecule has 0 aromatic heterocycles. The number of rotatable bonds is 3. The highest BCUT2D eigenvalue weighted by Gasteiger charge is 2.36. The number of nitrogens with one attached hydrogen (secondary N) is 1. The standard InChI is InChI=1S/C15H21FN2O/c1-17-10-11-5-6-13(12(16)9-11)18-7-8-19-15-4-2-3-14(15)18/h5-6,9,14-15,17H,2-4,7-8,10H2,1H3. The van der Waals surface area contributed by atoms with Gasteiger partial charge in [0.1, 0.15) is 5.82 Å². The SMILES string of the molecule is CNCc1ccc(N2CCOC3CCCC32)c(F)c1. The molecule has 1 N–H and O–H groups in total. The summed E-state index contributed by atoms with van der Waals surface area (Å²) >= 11 is 0. The van der Waals surface area contributed by atoms with Crippen LogP contribution in [0, 0.1) is 5.82 Å². The molecule has 1 aromatic carbocycles. The topological polar surface area (TPSA) is 24.5 Å². The first-order valence-corrected chi connectivity index (χ1v) is 7.11. The van der Waals surface area contributed by atoms with Crippen LogP contribution in [0.2, 0.25) is 0 Å². The third-order valence-corrected chi connectivity index (χ3v) is 4.18. The van der Waals surface area contributed by atoms with E-state index in [1.165, 1.54) is 6.42 Å². The molecule has 0 radical (unpaired) electrons. The van der Waals surface area contributed by atoms with E-state index in [2.05, 4.69) is 10.2 Å². The molecule has 0 spiro atoms. The molecule has 2 aliphatic rings. The second-order valence-electron chi connectivity index (χ2n) is 5.42. The fourth-order valence-corrected chi connectivity index (χ4v) is 3.32. The Hall–Kier alpha value is -1.13. The highest BCUT2D eigenvalue weighted by atomic mass is 19.1. The number of anilines is 1. The third kappa shape index (κ3) is 2.47. The monoisotopic (exact) mass is 264 g/mol. The molecule has 0 bridgehead atoms. The second-order valence-corrected chi connectivity index (χ2v) is 5.42. The van der Waals surface area contributed by atoms with Crippen molar-refractivity contribution < 1.29 is 9.13 Å². The summed E-state index contributed by atoms with van der Waals surface area (Å²) in [6.07, 6.45) is 3.71. The Bertz CT molecular complexity index is 452. The largest absolute Gasteiger partial charge is 0.374 e. The van der Waals surface area contributed by atoms with E-state index >= 15 is 0 Å². The predicted molar refractivity (Wildman–Crippen MR) is 73.9 cm³/mol. The number of ether oxygens (including phenoxy) is 1. The molecule has 1 heterocycles. The van der Waals surface area contributed by atoms with Crippen molar-refractivity contribution in [2.45, 2.75) is 38.0 Å². The van der Waals surface area contributed by atoms with Gasteiger partial charge < -0.3 is 15.0 Å². The lowest BCUT2D eigenvalue weighted by molar-refractivity contribution is 0.0254. The summed E-state index contributed by atoms with van der Waals surface area (Å²) < 4.78 is 20.1. The molecule has 0 amide bonds. The summed E-state index contributed by atoms with van der Waals surface area (Å²) in [4.78, 5) is 2.21. The third-order valence-electron chi connectivity index (χ3n) is 4.18. The zero-order chi connectivity index (χ0) is 13.2. The lowest BCUT2D eigenvalue weighted by atomic mass is 10.1. The van der Waals surface area contributed by atoms with Gasteiger partial charge in [-0.2, -0.15) is 0 Å². The first-order valence-electron chi connectivity index (χ1n) is 7.11. The van der Waals surface area contributed by atoms with Gasteiger partial charge in [0.2, 0.25) is 0 Å². The Balaban J connectivity index is 1.84. The molecule has 4 heteroatoms. The highest BCUT2D eigenvalue weighted by Crippen LogP contribution is 2.34. The number of fused-ring (bicyclic) bond motifs is 1. The molecule has 2 atom stereocenters. The fraction of sp³-hybridized carbons (Fsp3) is 0.600. The van der Waals surface area contributed by atoms with E-state index < -0.39 is 0 Å². The summed E-state index contributed by atoms with van der Waals surface area (Å²) in [5.41, 5.74) is 1.72. The molecular formula is C15H21FN2O. The number of hydrogen-bond acceptors (Lipinski definition) is 3. The van der Waals surface area contributed by atoms with E-state index in [1.807, 2.05) is 19.2 Å². The molecule has 1 saturated carbocycles. The van der Waals surface area contributed by atoms with Crippen molar-refractivity contribution in [2.24, 2.45) is 0 Å². The number of benzene rings is 1. The van der Waals surface area contributed by atoms with E-state index in [0.29, 0.717) is 25.3 Å². The van der Waals surface area contributed by atoms with Gasteiger partial charge in [-0.1, -0.05) is 6.07 Å². The first-order chi connectivity index (χ1) is 9.29. The van der Waals surface area contributed by atoms with Crippen molar-refractivity contribution in [1.82, 2.24) is 5.32 Å². The maximum absolute atomic E-state index is 14.3. The van der Waals surface area contributed by atoms with Crippen LogP contribution in [0.25, 0.3) is 0 Å². The summed E-state index contributed by atoms with van der Waals surface area (Å²) in [6.45, 7) is 2.20. The number of nitrogens with zero attached hydrogens (tertiary/aromatic N) is 1. The molecule has 1 aliphatic heterocycles. The van der Waals surface area contributed by atoms with Gasteiger partial charge in [0.05, 0.1) is 24.4 Å². The summed E-state index contributed by atoms with van der Waals surface area (Å²) in [7, 11) is 1.87. The van der Waals surface area contributed by atoms with Crippen LogP contribution in [-0.2, 0) is 11.3 Å². The van der Waals surface area contributed by atoms with Crippen LogP contribution in [0.4, 0.5) is 10.1 Å². The van der Waals surface area contributed by atoms with Crippen LogP contribution >= 0.6 is 0 Å². The van der Waals surface area contributed by atoms with Gasteiger partial charge in [0, 0.05) is 13.1 Å². The normalized spacial score (nSPS) is 26.5. The zero-order valence-electron chi connectivity index (χ0n) is 11.4. The Morgan fingerprint density at radius 1 is 1.42 bits per heavy atom. The van der Waals surface area contributed by atoms with Crippen LogP contribution in [0.15, 0.2) is 18.2 Å². The number of hydrogen-bond donors (Lipinski definition) is 1. The summed E-state index contributed by atoms with van der Waals surface area (Å²) in [5.74, 6) is -0.111. The van der Waals surface area contributed by atoms with Crippen molar-refractivity contribution in [3.63, 3.8) is 0 Å². The molecular weight excluding hydrogens is 243 g/mol. The highest BCUT2D eigenvalue weighted by molar-refractivity contribution is 5.51. The van der Waals surface area contributed by atoms with Gasteiger partial charge in [0.25, 0.3) is 0 Å². The Morgan fingerprint density at radius 3 is 3.11 bits per heavy atom. The summed E-state index contributed by atoms with van der Waals surface area (Å²) in [5, 5.41) is 3.05. The molecule has 1 saturated heterocycles. The van der Waals surface area contributed by atoms with Gasteiger partial charge in [-0.3, -0.25) is 0 Å². The Kier molecular flexibility index (Phi) is 3.71. The van der Waals surface area contributed by atoms with Crippen molar-refractivity contribution in [1.29, 1.82) is 0 Å². The van der Waals surface area contributed by atoms with Crippen LogP contribution in [-0.4, -0.2) is 32.3 Å². The van der Waals surface area contributed by atoms with Crippen LogP contribution in [0.1, 0.15) is 24.8 Å². The minimum Gasteiger partial charge on any atom is -0.374 e. The predicted octanol–water partition coefficient (Wildman–Crippen LogP) is 2.30. The van der Waals surface area contributed by atoms with Crippen molar-refractivity contribution in [2.75, 3.05) is 25.1 Å². The van der Waals surface area contributed by atoms with E-state index in [9.17, 15) is 4.39 Å². The van der Waals surface area contributed by atoms with Gasteiger partial charge in [-0.05, 0) is 44.0 Å². The van der Waals surface area contributed by atoms with Gasteiger partial charge in [-0.15, -0.1) is 0 Å². The molecule has 1 aromatic rings. The smallest absolute Gasteiger partial charge is 0.146 e. The average Bonchev–Trinajstić information content (AvgIpc) is 2.88. The lowest BCUT2D eigenvalue weighted by Crippen LogP contribution is -2.49. The quantitative estimate of drug-likeness (QED) is 0.906. The van der Waals surface area contributed by atoms with Crippen LogP contribution < -0.4 is 10.2 Å².